The highest BCUT2D eigenvalue weighted by molar-refractivity contribution is 5.91. The van der Waals surface area contributed by atoms with Crippen molar-refractivity contribution in [3.05, 3.63) is 37.0 Å². The van der Waals surface area contributed by atoms with Crippen LogP contribution < -0.4 is 0 Å². The molecule has 0 saturated heterocycles. The number of carbonyl (C=O) groups excluding carboxylic acids is 2. The zero-order chi connectivity index (χ0) is 17.9. The van der Waals surface area contributed by atoms with Crippen LogP contribution in [0.4, 0.5) is 0 Å². The lowest BCUT2D eigenvalue weighted by Crippen LogP contribution is -2.09. The van der Waals surface area contributed by atoms with Crippen molar-refractivity contribution in [1.29, 1.82) is 0 Å². The highest BCUT2D eigenvalue weighted by Gasteiger charge is 2.06. The zero-order valence-corrected chi connectivity index (χ0v) is 15.3. The van der Waals surface area contributed by atoms with Crippen molar-refractivity contribution < 1.29 is 14.3 Å². The van der Waals surface area contributed by atoms with Crippen LogP contribution in [0.2, 0.25) is 0 Å². The van der Waals surface area contributed by atoms with Gasteiger partial charge in [-0.1, -0.05) is 69.9 Å². The average molecular weight is 335 g/mol. The van der Waals surface area contributed by atoms with Gasteiger partial charge in [0.2, 0.25) is 0 Å². The molecule has 0 aliphatic heterocycles. The maximum atomic E-state index is 11.2. The van der Waals surface area contributed by atoms with Gasteiger partial charge in [-0.25, -0.2) is 4.79 Å². The highest BCUT2D eigenvalue weighted by Crippen LogP contribution is 2.08. The summed E-state index contributed by atoms with van der Waals surface area (Å²) >= 11 is 0. The van der Waals surface area contributed by atoms with E-state index in [9.17, 15) is 9.59 Å². The molecule has 3 nitrogen and oxygen atoms in total. The van der Waals surface area contributed by atoms with Crippen molar-refractivity contribution in [1.82, 2.24) is 0 Å². The number of hydrogen-bond acceptors (Lipinski definition) is 3. The van der Waals surface area contributed by atoms with Crippen molar-refractivity contribution in [2.24, 2.45) is 0 Å². The number of ether oxygens (including phenoxy) is 1. The lowest BCUT2D eigenvalue weighted by molar-refractivity contribution is -0.156. The third kappa shape index (κ3) is 16.7. The van der Waals surface area contributed by atoms with Gasteiger partial charge in [-0.2, -0.15) is 0 Å². The monoisotopic (exact) mass is 334 g/mol. The van der Waals surface area contributed by atoms with E-state index in [0.717, 1.165) is 38.2 Å². The van der Waals surface area contributed by atoms with Gasteiger partial charge in [-0.3, -0.25) is 4.79 Å². The van der Waals surface area contributed by atoms with Crippen LogP contribution in [0.5, 0.6) is 0 Å². The number of carbonyl (C=O) groups is 2. The molecule has 24 heavy (non-hydrogen) atoms. The summed E-state index contributed by atoms with van der Waals surface area (Å²) < 4.78 is 4.51. The first-order valence-electron chi connectivity index (χ1n) is 9.37. The van der Waals surface area contributed by atoms with E-state index in [4.69, 9.17) is 0 Å². The van der Waals surface area contributed by atoms with Crippen LogP contribution in [0.1, 0.15) is 84.0 Å². The molecule has 0 aromatic carbocycles. The van der Waals surface area contributed by atoms with E-state index in [0.29, 0.717) is 6.42 Å². The molecule has 0 N–H and O–H groups in total. The summed E-state index contributed by atoms with van der Waals surface area (Å²) in [5.74, 6) is -1.12. The van der Waals surface area contributed by atoms with Crippen molar-refractivity contribution in [3.63, 3.8) is 0 Å². The van der Waals surface area contributed by atoms with E-state index in [1.165, 1.54) is 38.5 Å². The van der Waals surface area contributed by atoms with Gasteiger partial charge in [-0.05, 0) is 38.5 Å². The Hall–Kier alpha value is -1.64. The summed E-state index contributed by atoms with van der Waals surface area (Å²) in [6, 6.07) is 0. The largest absolute Gasteiger partial charge is 0.390 e. The summed E-state index contributed by atoms with van der Waals surface area (Å²) in [5.41, 5.74) is 0. The molecule has 0 spiro atoms. The predicted molar refractivity (Wildman–Crippen MR) is 101 cm³/mol. The second kappa shape index (κ2) is 17.7. The van der Waals surface area contributed by atoms with Crippen LogP contribution in [0.15, 0.2) is 37.0 Å². The number of hydrogen-bond donors (Lipinski definition) is 0. The summed E-state index contributed by atoms with van der Waals surface area (Å²) in [6.07, 6.45) is 22.9. The van der Waals surface area contributed by atoms with E-state index >= 15 is 0 Å². The van der Waals surface area contributed by atoms with Gasteiger partial charge in [0.15, 0.2) is 0 Å². The Kier molecular flexibility index (Phi) is 16.5. The van der Waals surface area contributed by atoms with E-state index in [2.05, 4.69) is 42.5 Å². The average Bonchev–Trinajstić information content (AvgIpc) is 2.58. The molecule has 0 rings (SSSR count). The van der Waals surface area contributed by atoms with Crippen LogP contribution in [-0.2, 0) is 14.3 Å². The molecule has 0 bridgehead atoms. The molecule has 0 radical (unpaired) electrons. The maximum Gasteiger partial charge on any atom is 0.337 e. The minimum Gasteiger partial charge on any atom is -0.390 e. The Morgan fingerprint density at radius 2 is 1.42 bits per heavy atom. The van der Waals surface area contributed by atoms with Gasteiger partial charge in [0.1, 0.15) is 0 Å². The molecule has 0 aliphatic carbocycles. The molecule has 0 aliphatic rings. The molecule has 0 aromatic heterocycles. The number of allylic oxidation sites excluding steroid dienone is 4. The summed E-state index contributed by atoms with van der Waals surface area (Å²) in [6.45, 7) is 5.48. The number of esters is 2. The van der Waals surface area contributed by atoms with E-state index in [1.54, 1.807) is 0 Å². The van der Waals surface area contributed by atoms with Crippen molar-refractivity contribution in [2.75, 3.05) is 0 Å². The summed E-state index contributed by atoms with van der Waals surface area (Å²) in [5, 5.41) is 0. The zero-order valence-electron chi connectivity index (χ0n) is 15.3. The van der Waals surface area contributed by atoms with Crippen LogP contribution >= 0.6 is 0 Å². The Morgan fingerprint density at radius 3 is 2.04 bits per heavy atom. The normalized spacial score (nSPS) is 11.2. The SMILES string of the molecule is C=CC(=O)OC(=O)CCCCCCC/C=C\C/C=C\CCCCC. The topological polar surface area (TPSA) is 43.4 Å². The van der Waals surface area contributed by atoms with Crippen LogP contribution in [0.25, 0.3) is 0 Å². The van der Waals surface area contributed by atoms with Crippen molar-refractivity contribution >= 4 is 11.9 Å². The van der Waals surface area contributed by atoms with Crippen molar-refractivity contribution in [3.8, 4) is 0 Å². The fourth-order valence-corrected chi connectivity index (χ4v) is 2.29. The molecule has 0 aromatic rings. The Morgan fingerprint density at radius 1 is 0.833 bits per heavy atom. The maximum absolute atomic E-state index is 11.2. The lowest BCUT2D eigenvalue weighted by Gasteiger charge is -2.01. The predicted octanol–water partition coefficient (Wildman–Crippen LogP) is 6.06. The molecule has 136 valence electrons. The second-order valence-electron chi connectivity index (χ2n) is 5.98. The summed E-state index contributed by atoms with van der Waals surface area (Å²) in [4.78, 5) is 22.1. The van der Waals surface area contributed by atoms with Gasteiger partial charge in [0.25, 0.3) is 0 Å². The third-order valence-corrected chi connectivity index (χ3v) is 3.71. The second-order valence-corrected chi connectivity index (χ2v) is 5.98. The smallest absolute Gasteiger partial charge is 0.337 e. The van der Waals surface area contributed by atoms with Crippen molar-refractivity contribution in [2.45, 2.75) is 84.0 Å². The molecular weight excluding hydrogens is 300 g/mol. The van der Waals surface area contributed by atoms with Crippen LogP contribution in [-0.4, -0.2) is 11.9 Å². The van der Waals surface area contributed by atoms with Crippen LogP contribution in [0.3, 0.4) is 0 Å². The minimum atomic E-state index is -0.664. The highest BCUT2D eigenvalue weighted by atomic mass is 16.6. The van der Waals surface area contributed by atoms with Gasteiger partial charge in [0.05, 0.1) is 0 Å². The quantitative estimate of drug-likeness (QED) is 0.120. The molecule has 0 fully saturated rings. The molecule has 0 unspecified atom stereocenters. The molecule has 0 atom stereocenters. The third-order valence-electron chi connectivity index (χ3n) is 3.71. The number of unbranched alkanes of at least 4 members (excludes halogenated alkanes) is 8. The molecule has 0 heterocycles. The first-order valence-corrected chi connectivity index (χ1v) is 9.37. The molecule has 0 saturated carbocycles. The van der Waals surface area contributed by atoms with Gasteiger partial charge < -0.3 is 4.74 Å². The number of rotatable bonds is 15. The Bertz CT molecular complexity index is 394. The van der Waals surface area contributed by atoms with Gasteiger partial charge in [-0.15, -0.1) is 0 Å². The first kappa shape index (κ1) is 22.4. The molecular formula is C21H34O3. The Balaban J connectivity index is 3.33. The minimum absolute atomic E-state index is 0.310. The lowest BCUT2D eigenvalue weighted by atomic mass is 10.1. The van der Waals surface area contributed by atoms with Gasteiger partial charge in [0, 0.05) is 12.5 Å². The molecule has 3 heteroatoms. The van der Waals surface area contributed by atoms with Crippen LogP contribution in [0, 0.1) is 0 Å². The van der Waals surface area contributed by atoms with E-state index in [1.807, 2.05) is 0 Å². The molecule has 0 amide bonds. The fourth-order valence-electron chi connectivity index (χ4n) is 2.29. The first-order chi connectivity index (χ1) is 11.7. The standard InChI is InChI=1S/C21H34O3/c1-3-5-6-7-8-9-10-11-12-13-14-15-16-17-18-19-21(23)24-20(22)4-2/h4,8-9,11-12H,2-3,5-7,10,13-19H2,1H3/b9-8-,12-11-. The van der Waals surface area contributed by atoms with E-state index in [-0.39, 0.29) is 0 Å². The fraction of sp³-hybridized carbons (Fsp3) is 0.619. The summed E-state index contributed by atoms with van der Waals surface area (Å²) in [7, 11) is 0. The Labute approximate surface area is 147 Å². The van der Waals surface area contributed by atoms with Gasteiger partial charge >= 0.3 is 11.9 Å². The van der Waals surface area contributed by atoms with E-state index < -0.39 is 11.9 Å².